The molecule has 0 bridgehead atoms. The molecule has 4 N–H and O–H groups in total. The molecule has 0 spiro atoms. The van der Waals surface area contributed by atoms with E-state index in [2.05, 4.69) is 20.7 Å². The maximum absolute atomic E-state index is 13.3. The largest absolute Gasteiger partial charge is 0.381 e. The van der Waals surface area contributed by atoms with Crippen LogP contribution in [-0.2, 0) is 4.74 Å². The lowest BCUT2D eigenvalue weighted by molar-refractivity contribution is 0.185. The van der Waals surface area contributed by atoms with E-state index in [1.165, 1.54) is 0 Å². The van der Waals surface area contributed by atoms with Crippen molar-refractivity contribution in [1.82, 2.24) is 9.97 Å². The molecule has 1 fully saturated rings. The maximum atomic E-state index is 13.3. The highest BCUT2D eigenvalue weighted by Crippen LogP contribution is 2.17. The highest BCUT2D eigenvalue weighted by Gasteiger charge is 2.15. The minimum atomic E-state index is -0.480. The Morgan fingerprint density at radius 3 is 3.18 bits per heavy atom. The summed E-state index contributed by atoms with van der Waals surface area (Å²) in [6.07, 6.45) is 3.10. The van der Waals surface area contributed by atoms with Gasteiger partial charge in [0.25, 0.3) is 0 Å². The molecule has 6 nitrogen and oxygen atoms in total. The lowest BCUT2D eigenvalue weighted by atomic mass is 10.1. The minimum Gasteiger partial charge on any atom is -0.381 e. The minimum absolute atomic E-state index is 0.173. The Hall–Kier alpha value is -1.47. The zero-order valence-electron chi connectivity index (χ0n) is 9.45. The first-order valence-electron chi connectivity index (χ1n) is 5.60. The van der Waals surface area contributed by atoms with Crippen molar-refractivity contribution in [1.29, 1.82) is 0 Å². The van der Waals surface area contributed by atoms with Crippen LogP contribution in [0.1, 0.15) is 12.8 Å². The Morgan fingerprint density at radius 2 is 2.47 bits per heavy atom. The summed E-state index contributed by atoms with van der Waals surface area (Å²) in [6.45, 7) is 2.28. The quantitative estimate of drug-likeness (QED) is 0.521. The van der Waals surface area contributed by atoms with Crippen molar-refractivity contribution < 1.29 is 9.13 Å². The van der Waals surface area contributed by atoms with Gasteiger partial charge in [-0.25, -0.2) is 15.2 Å². The summed E-state index contributed by atoms with van der Waals surface area (Å²) in [4.78, 5) is 7.55. The molecule has 7 heteroatoms. The van der Waals surface area contributed by atoms with Crippen LogP contribution in [0.15, 0.2) is 6.20 Å². The third kappa shape index (κ3) is 3.24. The van der Waals surface area contributed by atoms with Crippen molar-refractivity contribution in [3.05, 3.63) is 12.0 Å². The van der Waals surface area contributed by atoms with Gasteiger partial charge < -0.3 is 10.1 Å². The van der Waals surface area contributed by atoms with Gasteiger partial charge in [-0.15, -0.1) is 0 Å². The molecule has 1 aliphatic heterocycles. The van der Waals surface area contributed by atoms with Gasteiger partial charge in [0.1, 0.15) is 0 Å². The lowest BCUT2D eigenvalue weighted by Crippen LogP contribution is -2.14. The van der Waals surface area contributed by atoms with Crippen LogP contribution in [0, 0.1) is 11.7 Å². The average Bonchev–Trinajstić information content (AvgIpc) is 2.84. The molecule has 0 aromatic carbocycles. The number of rotatable bonds is 5. The monoisotopic (exact) mass is 241 g/mol. The van der Waals surface area contributed by atoms with Crippen LogP contribution in [0.3, 0.4) is 0 Å². The Bertz CT molecular complexity index is 370. The van der Waals surface area contributed by atoms with E-state index in [1.807, 2.05) is 0 Å². The van der Waals surface area contributed by atoms with Crippen LogP contribution in [-0.4, -0.2) is 29.7 Å². The number of hydrazine groups is 1. The maximum Gasteiger partial charge on any atom is 0.239 e. The van der Waals surface area contributed by atoms with Crippen molar-refractivity contribution in [3.8, 4) is 0 Å². The number of anilines is 2. The van der Waals surface area contributed by atoms with Crippen molar-refractivity contribution in [2.75, 3.05) is 30.5 Å². The van der Waals surface area contributed by atoms with Crippen molar-refractivity contribution in [3.63, 3.8) is 0 Å². The van der Waals surface area contributed by atoms with E-state index in [4.69, 9.17) is 10.6 Å². The number of nitrogen functional groups attached to an aromatic ring is 1. The summed E-state index contributed by atoms with van der Waals surface area (Å²) >= 11 is 0. The third-order valence-corrected chi connectivity index (χ3v) is 2.74. The fraction of sp³-hybridized carbons (Fsp3) is 0.600. The highest BCUT2D eigenvalue weighted by atomic mass is 19.1. The number of nitrogens with two attached hydrogens (primary N) is 1. The number of hydrogen-bond donors (Lipinski definition) is 3. The van der Waals surface area contributed by atoms with Crippen molar-refractivity contribution >= 4 is 11.8 Å². The summed E-state index contributed by atoms with van der Waals surface area (Å²) in [5.41, 5.74) is 2.28. The van der Waals surface area contributed by atoms with Gasteiger partial charge in [0.2, 0.25) is 5.95 Å². The second kappa shape index (κ2) is 5.74. The van der Waals surface area contributed by atoms with E-state index in [0.29, 0.717) is 12.5 Å². The topological polar surface area (TPSA) is 85.1 Å². The molecule has 1 aromatic rings. The zero-order chi connectivity index (χ0) is 12.1. The summed E-state index contributed by atoms with van der Waals surface area (Å²) in [5, 5.41) is 2.94. The standard InChI is InChI=1S/C10H16FN5O/c11-8-5-14-10(16-12)15-9(8)13-3-1-7-2-4-17-6-7/h5,7H,1-4,6,12H2,(H2,13,14,15,16). The third-order valence-electron chi connectivity index (χ3n) is 2.74. The predicted molar refractivity (Wildman–Crippen MR) is 61.8 cm³/mol. The molecular formula is C10H16FN5O. The molecule has 0 aliphatic carbocycles. The summed E-state index contributed by atoms with van der Waals surface area (Å²) in [7, 11) is 0. The molecule has 2 heterocycles. The van der Waals surface area contributed by atoms with Gasteiger partial charge in [-0.1, -0.05) is 0 Å². The van der Waals surface area contributed by atoms with Crippen LogP contribution in [0.5, 0.6) is 0 Å². The smallest absolute Gasteiger partial charge is 0.239 e. The molecule has 1 saturated heterocycles. The van der Waals surface area contributed by atoms with Crippen LogP contribution < -0.4 is 16.6 Å². The van der Waals surface area contributed by atoms with Gasteiger partial charge >= 0.3 is 0 Å². The second-order valence-electron chi connectivity index (χ2n) is 3.98. The Labute approximate surface area is 98.7 Å². The normalized spacial score (nSPS) is 19.3. The highest BCUT2D eigenvalue weighted by molar-refractivity contribution is 5.40. The van der Waals surface area contributed by atoms with Gasteiger partial charge in [0, 0.05) is 19.8 Å². The van der Waals surface area contributed by atoms with Crippen LogP contribution in [0.25, 0.3) is 0 Å². The van der Waals surface area contributed by atoms with Crippen molar-refractivity contribution in [2.24, 2.45) is 11.8 Å². The molecule has 1 aromatic heterocycles. The van der Waals surface area contributed by atoms with E-state index in [1.54, 1.807) is 0 Å². The first-order chi connectivity index (χ1) is 8.29. The second-order valence-corrected chi connectivity index (χ2v) is 3.98. The number of aromatic nitrogens is 2. The van der Waals surface area contributed by atoms with E-state index in [-0.39, 0.29) is 11.8 Å². The van der Waals surface area contributed by atoms with E-state index in [9.17, 15) is 4.39 Å². The van der Waals surface area contributed by atoms with Crippen LogP contribution >= 0.6 is 0 Å². The summed E-state index contributed by atoms with van der Waals surface area (Å²) in [5.74, 6) is 5.60. The van der Waals surface area contributed by atoms with Gasteiger partial charge in [0.15, 0.2) is 11.6 Å². The summed E-state index contributed by atoms with van der Waals surface area (Å²) < 4.78 is 18.6. The van der Waals surface area contributed by atoms with Gasteiger partial charge in [-0.05, 0) is 18.8 Å². The van der Waals surface area contributed by atoms with Gasteiger partial charge in [-0.2, -0.15) is 4.98 Å². The molecule has 1 aliphatic rings. The number of ether oxygens (including phenoxy) is 1. The molecule has 0 radical (unpaired) electrons. The molecule has 0 saturated carbocycles. The predicted octanol–water partition coefficient (Wildman–Crippen LogP) is 0.740. The summed E-state index contributed by atoms with van der Waals surface area (Å²) in [6, 6.07) is 0. The van der Waals surface area contributed by atoms with Gasteiger partial charge in [0.05, 0.1) is 6.20 Å². The van der Waals surface area contributed by atoms with E-state index < -0.39 is 5.82 Å². The Kier molecular flexibility index (Phi) is 4.05. The number of halogens is 1. The van der Waals surface area contributed by atoms with Crippen LogP contribution in [0.2, 0.25) is 0 Å². The number of hydrogen-bond acceptors (Lipinski definition) is 6. The van der Waals surface area contributed by atoms with E-state index >= 15 is 0 Å². The molecular weight excluding hydrogens is 225 g/mol. The Morgan fingerprint density at radius 1 is 1.59 bits per heavy atom. The Balaban J connectivity index is 1.84. The molecule has 17 heavy (non-hydrogen) atoms. The number of nitrogens with zero attached hydrogens (tertiary/aromatic N) is 2. The SMILES string of the molecule is NNc1ncc(F)c(NCCC2CCOC2)n1. The molecule has 2 rings (SSSR count). The first kappa shape index (κ1) is 12.0. The zero-order valence-corrected chi connectivity index (χ0v) is 9.45. The fourth-order valence-corrected chi connectivity index (χ4v) is 1.77. The first-order valence-corrected chi connectivity index (χ1v) is 5.60. The van der Waals surface area contributed by atoms with Crippen molar-refractivity contribution in [2.45, 2.75) is 12.8 Å². The fourth-order valence-electron chi connectivity index (χ4n) is 1.77. The molecule has 94 valence electrons. The molecule has 1 atom stereocenters. The lowest BCUT2D eigenvalue weighted by Gasteiger charge is -2.10. The number of nitrogens with one attached hydrogen (secondary N) is 2. The molecule has 0 amide bonds. The van der Waals surface area contributed by atoms with E-state index in [0.717, 1.165) is 32.3 Å². The average molecular weight is 241 g/mol. The van der Waals surface area contributed by atoms with Crippen LogP contribution in [0.4, 0.5) is 16.2 Å². The van der Waals surface area contributed by atoms with Gasteiger partial charge in [-0.3, -0.25) is 5.43 Å². The molecule has 1 unspecified atom stereocenters.